The normalized spacial score (nSPS) is 10.8. The van der Waals surface area contributed by atoms with Gasteiger partial charge in [-0.05, 0) is 43.3 Å². The molecule has 2 aromatic heterocycles. The molecule has 26 heavy (non-hydrogen) atoms. The Labute approximate surface area is 154 Å². The minimum atomic E-state index is -0.347. The van der Waals surface area contributed by atoms with Crippen molar-refractivity contribution in [1.29, 1.82) is 0 Å². The van der Waals surface area contributed by atoms with Crippen LogP contribution in [0.15, 0.2) is 54.2 Å². The molecule has 8 heteroatoms. The van der Waals surface area contributed by atoms with Crippen molar-refractivity contribution in [3.05, 3.63) is 64.9 Å². The Balaban J connectivity index is 1.46. The minimum absolute atomic E-state index is 0.111. The number of aromatic nitrogens is 3. The zero-order chi connectivity index (χ0) is 18.4. The Morgan fingerprint density at radius 2 is 2.08 bits per heavy atom. The molecule has 0 aliphatic heterocycles. The molecule has 0 spiro atoms. The summed E-state index contributed by atoms with van der Waals surface area (Å²) in [6.45, 7) is 1.79. The Kier molecular flexibility index (Phi) is 5.55. The zero-order valence-corrected chi connectivity index (χ0v) is 14.9. The number of hydrogen-bond acceptors (Lipinski definition) is 5. The molecule has 0 atom stereocenters. The molecule has 0 saturated carbocycles. The van der Waals surface area contributed by atoms with Crippen molar-refractivity contribution >= 4 is 34.9 Å². The summed E-state index contributed by atoms with van der Waals surface area (Å²) in [4.78, 5) is 27.9. The predicted molar refractivity (Wildman–Crippen MR) is 101 cm³/mol. The maximum Gasteiger partial charge on any atom is 0.244 e. The van der Waals surface area contributed by atoms with Crippen LogP contribution >= 0.6 is 11.3 Å². The molecule has 0 bridgehead atoms. The summed E-state index contributed by atoms with van der Waals surface area (Å²) in [5, 5.41) is 12.2. The van der Waals surface area contributed by atoms with Crippen molar-refractivity contribution in [1.82, 2.24) is 20.1 Å². The Hall–Kier alpha value is -3.26. The van der Waals surface area contributed by atoms with Crippen LogP contribution in [-0.4, -0.2) is 33.1 Å². The van der Waals surface area contributed by atoms with E-state index < -0.39 is 0 Å². The smallest absolute Gasteiger partial charge is 0.244 e. The fourth-order valence-electron chi connectivity index (χ4n) is 2.17. The van der Waals surface area contributed by atoms with E-state index >= 15 is 0 Å². The van der Waals surface area contributed by atoms with Crippen LogP contribution in [-0.2, 0) is 9.59 Å². The summed E-state index contributed by atoms with van der Waals surface area (Å²) in [5.74, 6) is -0.650. The molecule has 0 unspecified atom stereocenters. The van der Waals surface area contributed by atoms with E-state index in [4.69, 9.17) is 0 Å². The van der Waals surface area contributed by atoms with E-state index in [9.17, 15) is 9.59 Å². The molecule has 0 saturated heterocycles. The highest BCUT2D eigenvalue weighted by atomic mass is 32.1. The van der Waals surface area contributed by atoms with Gasteiger partial charge in [-0.15, -0.1) is 11.3 Å². The van der Waals surface area contributed by atoms with Gasteiger partial charge in [-0.25, -0.2) is 9.67 Å². The van der Waals surface area contributed by atoms with Gasteiger partial charge in [0.1, 0.15) is 0 Å². The molecule has 132 valence electrons. The summed E-state index contributed by atoms with van der Waals surface area (Å²) >= 11 is 1.51. The van der Waals surface area contributed by atoms with Crippen molar-refractivity contribution in [3.8, 4) is 5.69 Å². The molecule has 0 aliphatic carbocycles. The number of amides is 2. The summed E-state index contributed by atoms with van der Waals surface area (Å²) in [5.41, 5.74) is 2.27. The van der Waals surface area contributed by atoms with Crippen LogP contribution in [0.2, 0.25) is 0 Å². The average Bonchev–Trinajstić information content (AvgIpc) is 3.31. The van der Waals surface area contributed by atoms with Gasteiger partial charge in [-0.1, -0.05) is 0 Å². The maximum absolute atomic E-state index is 11.9. The standard InChI is InChI=1S/C18H17N5O2S/c1-13-21-15(12-26-13)5-8-17(24)19-11-18(25)22-14-3-6-16(7-4-14)23-10-2-9-20-23/h2-10,12H,11H2,1H3,(H,19,24)(H,22,25)/b8-5+. The highest BCUT2D eigenvalue weighted by molar-refractivity contribution is 7.09. The third-order valence-electron chi connectivity index (χ3n) is 3.39. The molecule has 2 heterocycles. The van der Waals surface area contributed by atoms with Crippen molar-refractivity contribution in [2.45, 2.75) is 6.92 Å². The van der Waals surface area contributed by atoms with Gasteiger partial charge in [0.25, 0.3) is 0 Å². The summed E-state index contributed by atoms with van der Waals surface area (Å²) in [6.07, 6.45) is 6.51. The lowest BCUT2D eigenvalue weighted by atomic mass is 10.3. The van der Waals surface area contributed by atoms with E-state index in [0.717, 1.165) is 16.4 Å². The molecular formula is C18H17N5O2S. The third kappa shape index (κ3) is 4.87. The average molecular weight is 367 g/mol. The number of thiazole rings is 1. The van der Waals surface area contributed by atoms with Crippen molar-refractivity contribution in [3.63, 3.8) is 0 Å². The predicted octanol–water partition coefficient (Wildman–Crippen LogP) is 2.41. The molecule has 2 amide bonds. The number of nitrogens with one attached hydrogen (secondary N) is 2. The van der Waals surface area contributed by atoms with Gasteiger partial charge < -0.3 is 10.6 Å². The number of anilines is 1. The lowest BCUT2D eigenvalue weighted by Crippen LogP contribution is -2.31. The second-order valence-electron chi connectivity index (χ2n) is 5.39. The maximum atomic E-state index is 11.9. The lowest BCUT2D eigenvalue weighted by Gasteiger charge is -2.07. The van der Waals surface area contributed by atoms with Crippen LogP contribution in [0.25, 0.3) is 11.8 Å². The van der Waals surface area contributed by atoms with Crippen LogP contribution < -0.4 is 10.6 Å². The second-order valence-corrected chi connectivity index (χ2v) is 6.45. The first-order chi connectivity index (χ1) is 12.6. The number of carbonyl (C=O) groups is 2. The van der Waals surface area contributed by atoms with Crippen LogP contribution in [0.3, 0.4) is 0 Å². The van der Waals surface area contributed by atoms with Gasteiger partial charge >= 0.3 is 0 Å². The van der Waals surface area contributed by atoms with E-state index in [-0.39, 0.29) is 18.4 Å². The number of nitrogens with zero attached hydrogens (tertiary/aromatic N) is 3. The first-order valence-corrected chi connectivity index (χ1v) is 8.76. The molecule has 2 N–H and O–H groups in total. The number of aryl methyl sites for hydroxylation is 1. The monoisotopic (exact) mass is 367 g/mol. The largest absolute Gasteiger partial charge is 0.343 e. The summed E-state index contributed by atoms with van der Waals surface area (Å²) < 4.78 is 1.72. The fourth-order valence-corrected chi connectivity index (χ4v) is 2.75. The molecular weight excluding hydrogens is 350 g/mol. The first-order valence-electron chi connectivity index (χ1n) is 7.88. The van der Waals surface area contributed by atoms with Gasteiger partial charge in [0.15, 0.2) is 0 Å². The van der Waals surface area contributed by atoms with Gasteiger partial charge in [0.05, 0.1) is 22.9 Å². The quantitative estimate of drug-likeness (QED) is 0.655. The van der Waals surface area contributed by atoms with E-state index in [0.29, 0.717) is 5.69 Å². The van der Waals surface area contributed by atoms with Crippen LogP contribution in [0.5, 0.6) is 0 Å². The molecule has 3 aromatic rings. The van der Waals surface area contributed by atoms with E-state index in [1.165, 1.54) is 17.4 Å². The molecule has 3 rings (SSSR count). The number of hydrogen-bond donors (Lipinski definition) is 2. The van der Waals surface area contributed by atoms with E-state index in [2.05, 4.69) is 20.7 Å². The zero-order valence-electron chi connectivity index (χ0n) is 14.0. The van der Waals surface area contributed by atoms with Gasteiger partial charge in [-0.2, -0.15) is 5.10 Å². The van der Waals surface area contributed by atoms with E-state index in [1.54, 1.807) is 29.1 Å². The van der Waals surface area contributed by atoms with Crippen molar-refractivity contribution < 1.29 is 9.59 Å². The molecule has 0 fully saturated rings. The second kappa shape index (κ2) is 8.21. The van der Waals surface area contributed by atoms with Crippen molar-refractivity contribution in [2.24, 2.45) is 0 Å². The Bertz CT molecular complexity index is 913. The summed E-state index contributed by atoms with van der Waals surface area (Å²) in [6, 6.07) is 9.09. The van der Waals surface area contributed by atoms with E-state index in [1.807, 2.05) is 36.7 Å². The van der Waals surface area contributed by atoms with Crippen molar-refractivity contribution in [2.75, 3.05) is 11.9 Å². The highest BCUT2D eigenvalue weighted by Crippen LogP contribution is 2.12. The topological polar surface area (TPSA) is 88.9 Å². The van der Waals surface area contributed by atoms with Crippen LogP contribution in [0.4, 0.5) is 5.69 Å². The Morgan fingerprint density at radius 3 is 2.73 bits per heavy atom. The molecule has 0 aliphatic rings. The molecule has 7 nitrogen and oxygen atoms in total. The fraction of sp³-hybridized carbons (Fsp3) is 0.111. The van der Waals surface area contributed by atoms with Crippen LogP contribution in [0.1, 0.15) is 10.7 Å². The van der Waals surface area contributed by atoms with Gasteiger partial charge in [-0.3, -0.25) is 9.59 Å². The highest BCUT2D eigenvalue weighted by Gasteiger charge is 2.05. The lowest BCUT2D eigenvalue weighted by molar-refractivity contribution is -0.121. The molecule has 0 radical (unpaired) electrons. The minimum Gasteiger partial charge on any atom is -0.343 e. The summed E-state index contributed by atoms with van der Waals surface area (Å²) in [7, 11) is 0. The van der Waals surface area contributed by atoms with Gasteiger partial charge in [0.2, 0.25) is 11.8 Å². The van der Waals surface area contributed by atoms with Crippen LogP contribution in [0, 0.1) is 6.92 Å². The SMILES string of the molecule is Cc1nc(/C=C/C(=O)NCC(=O)Nc2ccc(-n3cccn3)cc2)cs1. The number of carbonyl (C=O) groups excluding carboxylic acids is 2. The number of rotatable bonds is 6. The first kappa shape index (κ1) is 17.6. The third-order valence-corrected chi connectivity index (χ3v) is 4.18. The van der Waals surface area contributed by atoms with Gasteiger partial charge in [0, 0.05) is 29.5 Å². The number of benzene rings is 1. The Morgan fingerprint density at radius 1 is 1.27 bits per heavy atom. The molecule has 1 aromatic carbocycles.